The Morgan fingerprint density at radius 2 is 1.85 bits per heavy atom. The summed E-state index contributed by atoms with van der Waals surface area (Å²) in [4.78, 5) is 8.39. The Bertz CT molecular complexity index is 708. The lowest BCUT2D eigenvalue weighted by Gasteiger charge is -2.11. The summed E-state index contributed by atoms with van der Waals surface area (Å²) in [6.07, 6.45) is 3.47. The molecule has 2 N–H and O–H groups in total. The molecule has 0 atom stereocenters. The molecule has 6 nitrogen and oxygen atoms in total. The first kappa shape index (κ1) is 23.0. The standard InChI is InChI=1S/C17H23Cl2N5O.HI/c1-12-23-16(25-24-12)6-4-10-22-17(20-2)21-9-3-5-13-7-8-14(18)11-15(13)19;/h7-8,11H,3-6,9-10H2,1-2H3,(H2,20,21,22);1H. The number of hydrogen-bond acceptors (Lipinski definition) is 4. The second-order valence-corrected chi connectivity index (χ2v) is 6.45. The van der Waals surface area contributed by atoms with Gasteiger partial charge in [-0.15, -0.1) is 24.0 Å². The molecule has 0 spiro atoms. The van der Waals surface area contributed by atoms with Crippen molar-refractivity contribution in [2.45, 2.75) is 32.6 Å². The molecule has 26 heavy (non-hydrogen) atoms. The van der Waals surface area contributed by atoms with Crippen LogP contribution in [-0.2, 0) is 12.8 Å². The van der Waals surface area contributed by atoms with E-state index in [1.165, 1.54) is 0 Å². The maximum Gasteiger partial charge on any atom is 0.226 e. The maximum atomic E-state index is 6.18. The van der Waals surface area contributed by atoms with Crippen molar-refractivity contribution in [3.63, 3.8) is 0 Å². The van der Waals surface area contributed by atoms with E-state index in [-0.39, 0.29) is 24.0 Å². The van der Waals surface area contributed by atoms with Crippen LogP contribution in [0.2, 0.25) is 10.0 Å². The van der Waals surface area contributed by atoms with Gasteiger partial charge in [0.05, 0.1) is 0 Å². The van der Waals surface area contributed by atoms with Crippen molar-refractivity contribution in [3.8, 4) is 0 Å². The second kappa shape index (κ2) is 12.3. The summed E-state index contributed by atoms with van der Waals surface area (Å²) in [6, 6.07) is 5.61. The summed E-state index contributed by atoms with van der Waals surface area (Å²) in [5, 5.41) is 11.7. The molecule has 2 rings (SSSR count). The van der Waals surface area contributed by atoms with Gasteiger partial charge in [0.25, 0.3) is 0 Å². The van der Waals surface area contributed by atoms with Gasteiger partial charge in [-0.05, 0) is 43.9 Å². The van der Waals surface area contributed by atoms with Crippen LogP contribution in [0, 0.1) is 6.92 Å². The Labute approximate surface area is 181 Å². The molecule has 9 heteroatoms. The van der Waals surface area contributed by atoms with Crippen LogP contribution >= 0.6 is 47.2 Å². The van der Waals surface area contributed by atoms with Crippen LogP contribution in [0.15, 0.2) is 27.7 Å². The minimum Gasteiger partial charge on any atom is -0.356 e. The van der Waals surface area contributed by atoms with Gasteiger partial charge >= 0.3 is 0 Å². The number of guanidine groups is 1. The number of hydrogen-bond donors (Lipinski definition) is 2. The van der Waals surface area contributed by atoms with E-state index in [1.807, 2.05) is 19.1 Å². The van der Waals surface area contributed by atoms with Gasteiger partial charge in [0.15, 0.2) is 11.8 Å². The molecule has 1 aromatic carbocycles. The molecule has 0 amide bonds. The molecule has 0 aliphatic heterocycles. The molecule has 0 bridgehead atoms. The third-order valence-electron chi connectivity index (χ3n) is 3.58. The largest absolute Gasteiger partial charge is 0.356 e. The maximum absolute atomic E-state index is 6.18. The summed E-state index contributed by atoms with van der Waals surface area (Å²) in [7, 11) is 1.76. The fraction of sp³-hybridized carbons (Fsp3) is 0.471. The quantitative estimate of drug-likeness (QED) is 0.242. The molecular formula is C17H24Cl2IN5O. The number of benzene rings is 1. The van der Waals surface area contributed by atoms with Crippen molar-refractivity contribution >= 4 is 53.1 Å². The first-order valence-corrected chi connectivity index (χ1v) is 9.01. The van der Waals surface area contributed by atoms with Crippen LogP contribution in [0.5, 0.6) is 0 Å². The predicted molar refractivity (Wildman–Crippen MR) is 117 cm³/mol. The molecule has 0 aliphatic rings. The number of nitrogens with one attached hydrogen (secondary N) is 2. The normalized spacial score (nSPS) is 11.2. The number of aliphatic imine (C=N–C) groups is 1. The topological polar surface area (TPSA) is 75.3 Å². The van der Waals surface area contributed by atoms with E-state index in [9.17, 15) is 0 Å². The van der Waals surface area contributed by atoms with Crippen molar-refractivity contribution in [1.29, 1.82) is 0 Å². The highest BCUT2D eigenvalue weighted by atomic mass is 127. The molecule has 0 unspecified atom stereocenters. The molecular weight excluding hydrogens is 488 g/mol. The zero-order chi connectivity index (χ0) is 18.1. The molecule has 0 aliphatic carbocycles. The van der Waals surface area contributed by atoms with Gasteiger partial charge in [0.2, 0.25) is 5.89 Å². The number of halogens is 3. The van der Waals surface area contributed by atoms with Crippen molar-refractivity contribution in [3.05, 3.63) is 45.5 Å². The third kappa shape index (κ3) is 8.09. The second-order valence-electron chi connectivity index (χ2n) is 5.60. The van der Waals surface area contributed by atoms with E-state index in [4.69, 9.17) is 27.7 Å². The van der Waals surface area contributed by atoms with Gasteiger partial charge in [0.1, 0.15) is 0 Å². The summed E-state index contributed by atoms with van der Waals surface area (Å²) >= 11 is 12.1. The van der Waals surface area contributed by atoms with E-state index in [1.54, 1.807) is 13.1 Å². The first-order chi connectivity index (χ1) is 12.1. The van der Waals surface area contributed by atoms with Crippen LogP contribution in [0.1, 0.15) is 30.1 Å². The number of rotatable bonds is 8. The molecule has 0 saturated heterocycles. The average Bonchev–Trinajstić information content (AvgIpc) is 3.00. The summed E-state index contributed by atoms with van der Waals surface area (Å²) < 4.78 is 5.08. The predicted octanol–water partition coefficient (Wildman–Crippen LogP) is 4.03. The van der Waals surface area contributed by atoms with E-state index in [0.29, 0.717) is 21.8 Å². The van der Waals surface area contributed by atoms with Gasteiger partial charge < -0.3 is 15.2 Å². The van der Waals surface area contributed by atoms with Crippen molar-refractivity contribution < 1.29 is 4.52 Å². The zero-order valence-corrected chi connectivity index (χ0v) is 18.7. The highest BCUT2D eigenvalue weighted by molar-refractivity contribution is 14.0. The Morgan fingerprint density at radius 1 is 1.15 bits per heavy atom. The fourth-order valence-electron chi connectivity index (χ4n) is 2.32. The molecule has 0 saturated carbocycles. The van der Waals surface area contributed by atoms with Crippen molar-refractivity contribution in [2.24, 2.45) is 4.99 Å². The van der Waals surface area contributed by atoms with Crippen LogP contribution in [0.25, 0.3) is 0 Å². The molecule has 2 aromatic rings. The fourth-order valence-corrected chi connectivity index (χ4v) is 2.82. The SMILES string of the molecule is CN=C(NCCCc1nc(C)no1)NCCCc1ccc(Cl)cc1Cl.I. The van der Waals surface area contributed by atoms with E-state index in [0.717, 1.165) is 50.3 Å². The van der Waals surface area contributed by atoms with Gasteiger partial charge in [-0.25, -0.2) is 0 Å². The Kier molecular flexibility index (Phi) is 10.9. The first-order valence-electron chi connectivity index (χ1n) is 8.26. The zero-order valence-electron chi connectivity index (χ0n) is 14.9. The number of nitrogens with zero attached hydrogens (tertiary/aromatic N) is 3. The van der Waals surface area contributed by atoms with Gasteiger partial charge in [-0.2, -0.15) is 4.98 Å². The Balaban J connectivity index is 0.00000338. The van der Waals surface area contributed by atoms with E-state index < -0.39 is 0 Å². The van der Waals surface area contributed by atoms with Gasteiger partial charge in [-0.3, -0.25) is 4.99 Å². The summed E-state index contributed by atoms with van der Waals surface area (Å²) in [5.41, 5.74) is 1.10. The van der Waals surface area contributed by atoms with Crippen LogP contribution in [0.3, 0.4) is 0 Å². The lowest BCUT2D eigenvalue weighted by Crippen LogP contribution is -2.38. The molecule has 144 valence electrons. The smallest absolute Gasteiger partial charge is 0.226 e. The molecule has 0 radical (unpaired) electrons. The molecule has 1 heterocycles. The summed E-state index contributed by atoms with van der Waals surface area (Å²) in [6.45, 7) is 3.40. The number of aromatic nitrogens is 2. The Morgan fingerprint density at radius 3 is 2.42 bits per heavy atom. The lowest BCUT2D eigenvalue weighted by molar-refractivity contribution is 0.372. The van der Waals surface area contributed by atoms with E-state index >= 15 is 0 Å². The van der Waals surface area contributed by atoms with Crippen molar-refractivity contribution in [2.75, 3.05) is 20.1 Å². The third-order valence-corrected chi connectivity index (χ3v) is 4.17. The molecule has 1 aromatic heterocycles. The van der Waals surface area contributed by atoms with E-state index in [2.05, 4.69) is 25.8 Å². The van der Waals surface area contributed by atoms with Crippen LogP contribution < -0.4 is 10.6 Å². The monoisotopic (exact) mass is 511 g/mol. The van der Waals surface area contributed by atoms with Gasteiger partial charge in [0, 0.05) is 36.6 Å². The highest BCUT2D eigenvalue weighted by Crippen LogP contribution is 2.21. The molecule has 0 fully saturated rings. The lowest BCUT2D eigenvalue weighted by atomic mass is 10.1. The Hall–Kier alpha value is -1.06. The van der Waals surface area contributed by atoms with Gasteiger partial charge in [-0.1, -0.05) is 34.4 Å². The van der Waals surface area contributed by atoms with Crippen molar-refractivity contribution in [1.82, 2.24) is 20.8 Å². The average molecular weight is 512 g/mol. The van der Waals surface area contributed by atoms with Crippen LogP contribution in [-0.4, -0.2) is 36.2 Å². The summed E-state index contributed by atoms with van der Waals surface area (Å²) in [5.74, 6) is 2.12. The minimum atomic E-state index is 0. The van der Waals surface area contributed by atoms with Crippen LogP contribution in [0.4, 0.5) is 0 Å². The number of aryl methyl sites for hydroxylation is 3. The highest BCUT2D eigenvalue weighted by Gasteiger charge is 2.04. The minimum absolute atomic E-state index is 0.